The van der Waals surface area contributed by atoms with Crippen LogP contribution in [0.15, 0.2) is 12.1 Å². The summed E-state index contributed by atoms with van der Waals surface area (Å²) in [7, 11) is 0. The number of aliphatic hydroxyl groups excluding tert-OH is 1. The SMILES string of the molecule is CC1CCCCC1NC(=O)c1cc(F)c(CO)c(F)c1. The first-order valence-electron chi connectivity index (χ1n) is 6.92. The highest BCUT2D eigenvalue weighted by atomic mass is 19.1. The number of carbonyl (C=O) groups is 1. The lowest BCUT2D eigenvalue weighted by Crippen LogP contribution is -2.41. The molecule has 1 aliphatic rings. The molecule has 2 N–H and O–H groups in total. The number of aliphatic hydroxyl groups is 1. The molecule has 2 atom stereocenters. The second kappa shape index (κ2) is 6.31. The monoisotopic (exact) mass is 283 g/mol. The van der Waals surface area contributed by atoms with Gasteiger partial charge in [-0.1, -0.05) is 19.8 Å². The molecular formula is C15H19F2NO2. The van der Waals surface area contributed by atoms with E-state index in [0.717, 1.165) is 37.8 Å². The van der Waals surface area contributed by atoms with Gasteiger partial charge in [0.1, 0.15) is 11.6 Å². The van der Waals surface area contributed by atoms with Crippen molar-refractivity contribution in [3.8, 4) is 0 Å². The molecule has 0 bridgehead atoms. The first-order chi connectivity index (χ1) is 9.52. The van der Waals surface area contributed by atoms with Crippen molar-refractivity contribution in [2.24, 2.45) is 5.92 Å². The Morgan fingerprint density at radius 2 is 1.90 bits per heavy atom. The zero-order valence-electron chi connectivity index (χ0n) is 11.5. The van der Waals surface area contributed by atoms with Gasteiger partial charge in [-0.05, 0) is 30.9 Å². The molecule has 1 amide bonds. The highest BCUT2D eigenvalue weighted by molar-refractivity contribution is 5.94. The van der Waals surface area contributed by atoms with Gasteiger partial charge in [-0.15, -0.1) is 0 Å². The van der Waals surface area contributed by atoms with E-state index in [4.69, 9.17) is 5.11 Å². The van der Waals surface area contributed by atoms with E-state index < -0.39 is 29.7 Å². The molecule has 0 aromatic heterocycles. The average molecular weight is 283 g/mol. The van der Waals surface area contributed by atoms with Crippen LogP contribution in [0.3, 0.4) is 0 Å². The molecule has 1 aromatic carbocycles. The molecule has 2 rings (SSSR count). The topological polar surface area (TPSA) is 49.3 Å². The predicted octanol–water partition coefficient (Wildman–Crippen LogP) is 2.77. The van der Waals surface area contributed by atoms with Crippen molar-refractivity contribution in [1.82, 2.24) is 5.32 Å². The standard InChI is InChI=1S/C15H19F2NO2/c1-9-4-2-3-5-14(9)18-15(20)10-6-12(16)11(8-19)13(17)7-10/h6-7,9,14,19H,2-5,8H2,1H3,(H,18,20). The fraction of sp³-hybridized carbons (Fsp3) is 0.533. The van der Waals surface area contributed by atoms with E-state index in [0.29, 0.717) is 5.92 Å². The molecule has 110 valence electrons. The molecule has 5 heteroatoms. The lowest BCUT2D eigenvalue weighted by molar-refractivity contribution is 0.0909. The van der Waals surface area contributed by atoms with Gasteiger partial charge in [0.15, 0.2) is 0 Å². The van der Waals surface area contributed by atoms with E-state index in [1.807, 2.05) is 0 Å². The van der Waals surface area contributed by atoms with Gasteiger partial charge in [-0.3, -0.25) is 4.79 Å². The Bertz CT molecular complexity index is 482. The summed E-state index contributed by atoms with van der Waals surface area (Å²) < 4.78 is 27.1. The summed E-state index contributed by atoms with van der Waals surface area (Å²) in [6, 6.07) is 1.99. The number of hydrogen-bond donors (Lipinski definition) is 2. The van der Waals surface area contributed by atoms with Gasteiger partial charge in [0.25, 0.3) is 5.91 Å². The molecule has 0 spiro atoms. The molecule has 2 unspecified atom stereocenters. The van der Waals surface area contributed by atoms with Crippen LogP contribution in [0.2, 0.25) is 0 Å². The smallest absolute Gasteiger partial charge is 0.251 e. The quantitative estimate of drug-likeness (QED) is 0.896. The number of rotatable bonds is 3. The van der Waals surface area contributed by atoms with Crippen LogP contribution in [0.4, 0.5) is 8.78 Å². The average Bonchev–Trinajstić information content (AvgIpc) is 2.41. The maximum absolute atomic E-state index is 13.5. The maximum Gasteiger partial charge on any atom is 0.251 e. The predicted molar refractivity (Wildman–Crippen MR) is 71.2 cm³/mol. The molecular weight excluding hydrogens is 264 g/mol. The summed E-state index contributed by atoms with van der Waals surface area (Å²) in [4.78, 5) is 12.1. The zero-order valence-corrected chi connectivity index (χ0v) is 11.5. The van der Waals surface area contributed by atoms with Gasteiger partial charge in [0.05, 0.1) is 6.61 Å². The van der Waals surface area contributed by atoms with Crippen molar-refractivity contribution in [1.29, 1.82) is 0 Å². The van der Waals surface area contributed by atoms with Crippen molar-refractivity contribution < 1.29 is 18.7 Å². The number of halogens is 2. The first-order valence-corrected chi connectivity index (χ1v) is 6.92. The minimum atomic E-state index is -0.894. The summed E-state index contributed by atoms with van der Waals surface area (Å²) in [6.07, 6.45) is 4.16. The Kier molecular flexibility index (Phi) is 4.70. The molecule has 1 aliphatic carbocycles. The fourth-order valence-corrected chi connectivity index (χ4v) is 2.67. The molecule has 0 aliphatic heterocycles. The Balaban J connectivity index is 2.13. The normalized spacial score (nSPS) is 22.6. The highest BCUT2D eigenvalue weighted by Gasteiger charge is 2.24. The molecule has 0 radical (unpaired) electrons. The van der Waals surface area contributed by atoms with Crippen molar-refractivity contribution in [2.45, 2.75) is 45.3 Å². The third kappa shape index (κ3) is 3.15. The largest absolute Gasteiger partial charge is 0.391 e. The van der Waals surface area contributed by atoms with E-state index in [2.05, 4.69) is 12.2 Å². The van der Waals surface area contributed by atoms with Crippen LogP contribution in [-0.2, 0) is 6.61 Å². The van der Waals surface area contributed by atoms with Gasteiger partial charge in [0, 0.05) is 17.2 Å². The molecule has 0 saturated heterocycles. The van der Waals surface area contributed by atoms with E-state index >= 15 is 0 Å². The van der Waals surface area contributed by atoms with E-state index in [9.17, 15) is 13.6 Å². The molecule has 20 heavy (non-hydrogen) atoms. The van der Waals surface area contributed by atoms with Crippen LogP contribution in [0, 0.1) is 17.6 Å². The summed E-state index contributed by atoms with van der Waals surface area (Å²) in [5.74, 6) is -1.88. The number of benzene rings is 1. The first kappa shape index (κ1) is 14.9. The Morgan fingerprint density at radius 3 is 2.45 bits per heavy atom. The van der Waals surface area contributed by atoms with Crippen LogP contribution >= 0.6 is 0 Å². The number of carbonyl (C=O) groups excluding carboxylic acids is 1. The van der Waals surface area contributed by atoms with Crippen LogP contribution in [0.1, 0.15) is 48.5 Å². The van der Waals surface area contributed by atoms with Crippen molar-refractivity contribution in [3.05, 3.63) is 34.9 Å². The minimum Gasteiger partial charge on any atom is -0.391 e. The summed E-state index contributed by atoms with van der Waals surface area (Å²) in [5.41, 5.74) is -0.456. The van der Waals surface area contributed by atoms with Gasteiger partial charge >= 0.3 is 0 Å². The molecule has 1 aromatic rings. The molecule has 3 nitrogen and oxygen atoms in total. The van der Waals surface area contributed by atoms with E-state index in [1.54, 1.807) is 0 Å². The van der Waals surface area contributed by atoms with Gasteiger partial charge in [-0.2, -0.15) is 0 Å². The number of hydrogen-bond acceptors (Lipinski definition) is 2. The van der Waals surface area contributed by atoms with Crippen LogP contribution in [0.25, 0.3) is 0 Å². The number of nitrogens with one attached hydrogen (secondary N) is 1. The zero-order chi connectivity index (χ0) is 14.7. The fourth-order valence-electron chi connectivity index (χ4n) is 2.67. The summed E-state index contributed by atoms with van der Waals surface area (Å²) in [5, 5.41) is 11.7. The molecule has 1 fully saturated rings. The third-order valence-electron chi connectivity index (χ3n) is 3.99. The maximum atomic E-state index is 13.5. The van der Waals surface area contributed by atoms with E-state index in [1.165, 1.54) is 0 Å². The van der Waals surface area contributed by atoms with Crippen molar-refractivity contribution >= 4 is 5.91 Å². The second-order valence-electron chi connectivity index (χ2n) is 5.42. The van der Waals surface area contributed by atoms with E-state index in [-0.39, 0.29) is 11.6 Å². The third-order valence-corrected chi connectivity index (χ3v) is 3.99. The van der Waals surface area contributed by atoms with Crippen LogP contribution in [-0.4, -0.2) is 17.1 Å². The van der Waals surface area contributed by atoms with Gasteiger partial charge in [-0.25, -0.2) is 8.78 Å². The summed E-state index contributed by atoms with van der Waals surface area (Å²) in [6.45, 7) is 1.35. The lowest BCUT2D eigenvalue weighted by atomic mass is 9.86. The van der Waals surface area contributed by atoms with Crippen LogP contribution in [0.5, 0.6) is 0 Å². The number of amides is 1. The Labute approximate surface area is 117 Å². The summed E-state index contributed by atoms with van der Waals surface area (Å²) >= 11 is 0. The Hall–Kier alpha value is -1.49. The van der Waals surface area contributed by atoms with Gasteiger partial charge < -0.3 is 10.4 Å². The molecule has 0 heterocycles. The lowest BCUT2D eigenvalue weighted by Gasteiger charge is -2.29. The Morgan fingerprint density at radius 1 is 1.30 bits per heavy atom. The minimum absolute atomic E-state index is 0.0463. The van der Waals surface area contributed by atoms with Crippen molar-refractivity contribution in [3.63, 3.8) is 0 Å². The second-order valence-corrected chi connectivity index (χ2v) is 5.42. The van der Waals surface area contributed by atoms with Crippen molar-refractivity contribution in [2.75, 3.05) is 0 Å². The highest BCUT2D eigenvalue weighted by Crippen LogP contribution is 2.24. The van der Waals surface area contributed by atoms with Gasteiger partial charge in [0.2, 0.25) is 0 Å². The molecule has 1 saturated carbocycles. The van der Waals surface area contributed by atoms with Crippen LogP contribution < -0.4 is 5.32 Å².